The van der Waals surface area contributed by atoms with Crippen LogP contribution in [0.25, 0.3) is 0 Å². The van der Waals surface area contributed by atoms with Gasteiger partial charge in [-0.15, -0.1) is 0 Å². The maximum absolute atomic E-state index is 5.83. The zero-order valence-corrected chi connectivity index (χ0v) is 10.3. The van der Waals surface area contributed by atoms with E-state index in [-0.39, 0.29) is 0 Å². The molecule has 15 heavy (non-hydrogen) atoms. The van der Waals surface area contributed by atoms with Crippen LogP contribution in [0.5, 0.6) is 0 Å². The van der Waals surface area contributed by atoms with Crippen molar-refractivity contribution < 1.29 is 0 Å². The van der Waals surface area contributed by atoms with E-state index in [4.69, 9.17) is 23.2 Å². The van der Waals surface area contributed by atoms with Gasteiger partial charge >= 0.3 is 0 Å². The molecule has 3 heteroatoms. The van der Waals surface area contributed by atoms with Crippen LogP contribution >= 0.6 is 23.2 Å². The summed E-state index contributed by atoms with van der Waals surface area (Å²) >= 11 is 11.5. The summed E-state index contributed by atoms with van der Waals surface area (Å²) in [7, 11) is 0. The summed E-state index contributed by atoms with van der Waals surface area (Å²) in [5.74, 6) is 0. The lowest BCUT2D eigenvalue weighted by Gasteiger charge is -2.17. The van der Waals surface area contributed by atoms with Crippen molar-refractivity contribution >= 4 is 23.2 Å². The summed E-state index contributed by atoms with van der Waals surface area (Å²) in [6.07, 6.45) is 1.01. The van der Waals surface area contributed by atoms with Crippen LogP contribution in [0.3, 0.4) is 0 Å². The standard InChI is InChI=1S/C12H15Cl2N/c1-3-12(15-8-9(2)13)10-4-6-11(14)7-5-10/h4-7,12,15H,2-3,8H2,1H3. The van der Waals surface area contributed by atoms with Gasteiger partial charge in [0.15, 0.2) is 0 Å². The second kappa shape index (κ2) is 6.16. The monoisotopic (exact) mass is 243 g/mol. The number of nitrogens with one attached hydrogen (secondary N) is 1. The van der Waals surface area contributed by atoms with Crippen LogP contribution < -0.4 is 5.32 Å². The molecule has 0 aliphatic heterocycles. The summed E-state index contributed by atoms with van der Waals surface area (Å²) < 4.78 is 0. The van der Waals surface area contributed by atoms with E-state index in [9.17, 15) is 0 Å². The molecule has 0 saturated heterocycles. The average molecular weight is 244 g/mol. The Morgan fingerprint density at radius 1 is 1.40 bits per heavy atom. The Morgan fingerprint density at radius 2 is 2.00 bits per heavy atom. The number of hydrogen-bond acceptors (Lipinski definition) is 1. The fraction of sp³-hybridized carbons (Fsp3) is 0.333. The van der Waals surface area contributed by atoms with Crippen molar-refractivity contribution in [3.63, 3.8) is 0 Å². The van der Waals surface area contributed by atoms with Crippen LogP contribution in [0.4, 0.5) is 0 Å². The van der Waals surface area contributed by atoms with Gasteiger partial charge in [-0.2, -0.15) is 0 Å². The van der Waals surface area contributed by atoms with Crippen LogP contribution in [0, 0.1) is 0 Å². The molecule has 0 aliphatic carbocycles. The molecule has 0 bridgehead atoms. The normalized spacial score (nSPS) is 12.5. The fourth-order valence-corrected chi connectivity index (χ4v) is 1.63. The SMILES string of the molecule is C=C(Cl)CNC(CC)c1ccc(Cl)cc1. The molecule has 0 aromatic heterocycles. The second-order valence-corrected chi connectivity index (χ2v) is 4.38. The molecular formula is C12H15Cl2N. The van der Waals surface area contributed by atoms with Crippen molar-refractivity contribution in [1.82, 2.24) is 5.32 Å². The van der Waals surface area contributed by atoms with Crippen LogP contribution in [0.15, 0.2) is 35.9 Å². The first-order valence-electron chi connectivity index (χ1n) is 4.95. The first-order valence-corrected chi connectivity index (χ1v) is 5.71. The van der Waals surface area contributed by atoms with Gasteiger partial charge in [0.05, 0.1) is 0 Å². The third-order valence-electron chi connectivity index (χ3n) is 2.22. The van der Waals surface area contributed by atoms with Gasteiger partial charge < -0.3 is 5.32 Å². The van der Waals surface area contributed by atoms with Gasteiger partial charge in [0.2, 0.25) is 0 Å². The van der Waals surface area contributed by atoms with Crippen molar-refractivity contribution in [3.05, 3.63) is 46.5 Å². The maximum atomic E-state index is 5.83. The third kappa shape index (κ3) is 4.25. The Labute approximate surface area is 101 Å². The topological polar surface area (TPSA) is 12.0 Å². The molecule has 0 aliphatic rings. The van der Waals surface area contributed by atoms with E-state index in [1.807, 2.05) is 24.3 Å². The van der Waals surface area contributed by atoms with E-state index >= 15 is 0 Å². The Kier molecular flexibility index (Phi) is 5.16. The molecule has 0 heterocycles. The highest BCUT2D eigenvalue weighted by Gasteiger charge is 2.07. The molecule has 1 unspecified atom stereocenters. The number of hydrogen-bond donors (Lipinski definition) is 1. The number of halogens is 2. The molecule has 82 valence electrons. The molecule has 1 aromatic rings. The highest BCUT2D eigenvalue weighted by Crippen LogP contribution is 2.19. The highest BCUT2D eigenvalue weighted by molar-refractivity contribution is 6.30. The minimum absolute atomic E-state index is 0.303. The predicted molar refractivity (Wildman–Crippen MR) is 67.5 cm³/mol. The van der Waals surface area contributed by atoms with E-state index in [1.165, 1.54) is 5.56 Å². The molecule has 1 aromatic carbocycles. The second-order valence-electron chi connectivity index (χ2n) is 3.41. The summed E-state index contributed by atoms with van der Waals surface area (Å²) in [5, 5.41) is 4.72. The third-order valence-corrected chi connectivity index (χ3v) is 2.61. The lowest BCUT2D eigenvalue weighted by molar-refractivity contribution is 0.549. The predicted octanol–water partition coefficient (Wildman–Crippen LogP) is 4.13. The molecule has 1 rings (SSSR count). The largest absolute Gasteiger partial charge is 0.305 e. The Morgan fingerprint density at radius 3 is 2.47 bits per heavy atom. The van der Waals surface area contributed by atoms with Crippen molar-refractivity contribution in [2.45, 2.75) is 19.4 Å². The van der Waals surface area contributed by atoms with Gasteiger partial charge in [-0.3, -0.25) is 0 Å². The van der Waals surface area contributed by atoms with E-state index < -0.39 is 0 Å². The van der Waals surface area contributed by atoms with E-state index in [0.29, 0.717) is 17.6 Å². The fourth-order valence-electron chi connectivity index (χ4n) is 1.43. The van der Waals surface area contributed by atoms with Gasteiger partial charge in [0, 0.05) is 22.6 Å². The Bertz CT molecular complexity index is 319. The maximum Gasteiger partial charge on any atom is 0.0406 e. The lowest BCUT2D eigenvalue weighted by atomic mass is 10.0. The zero-order valence-electron chi connectivity index (χ0n) is 8.76. The molecule has 1 N–H and O–H groups in total. The first-order chi connectivity index (χ1) is 7.13. The smallest absolute Gasteiger partial charge is 0.0406 e. The van der Waals surface area contributed by atoms with Gasteiger partial charge in [-0.25, -0.2) is 0 Å². The summed E-state index contributed by atoms with van der Waals surface area (Å²) in [5.41, 5.74) is 1.22. The molecule has 1 atom stereocenters. The van der Waals surface area contributed by atoms with E-state index in [2.05, 4.69) is 18.8 Å². The molecule has 0 spiro atoms. The first kappa shape index (κ1) is 12.6. The molecule has 0 fully saturated rings. The van der Waals surface area contributed by atoms with Gasteiger partial charge in [-0.1, -0.05) is 48.8 Å². The molecule has 1 nitrogen and oxygen atoms in total. The lowest BCUT2D eigenvalue weighted by Crippen LogP contribution is -2.21. The van der Waals surface area contributed by atoms with Gasteiger partial charge in [-0.05, 0) is 24.1 Å². The van der Waals surface area contributed by atoms with Crippen LogP contribution in [0.1, 0.15) is 24.9 Å². The Balaban J connectivity index is 2.65. The average Bonchev–Trinajstić information content (AvgIpc) is 2.21. The van der Waals surface area contributed by atoms with E-state index in [1.54, 1.807) is 0 Å². The van der Waals surface area contributed by atoms with Gasteiger partial charge in [0.1, 0.15) is 0 Å². The van der Waals surface area contributed by atoms with Gasteiger partial charge in [0.25, 0.3) is 0 Å². The molecule has 0 saturated carbocycles. The van der Waals surface area contributed by atoms with Crippen molar-refractivity contribution in [2.24, 2.45) is 0 Å². The summed E-state index contributed by atoms with van der Waals surface area (Å²) in [6, 6.07) is 8.16. The summed E-state index contributed by atoms with van der Waals surface area (Å²) in [4.78, 5) is 0. The summed E-state index contributed by atoms with van der Waals surface area (Å²) in [6.45, 7) is 6.41. The van der Waals surface area contributed by atoms with Crippen LogP contribution in [-0.2, 0) is 0 Å². The van der Waals surface area contributed by atoms with Crippen LogP contribution in [-0.4, -0.2) is 6.54 Å². The molecule has 0 radical (unpaired) electrons. The van der Waals surface area contributed by atoms with Crippen LogP contribution in [0.2, 0.25) is 5.02 Å². The zero-order chi connectivity index (χ0) is 11.3. The minimum Gasteiger partial charge on any atom is -0.305 e. The van der Waals surface area contributed by atoms with Crippen molar-refractivity contribution in [2.75, 3.05) is 6.54 Å². The highest BCUT2D eigenvalue weighted by atomic mass is 35.5. The molecule has 0 amide bonds. The van der Waals surface area contributed by atoms with E-state index in [0.717, 1.165) is 11.4 Å². The number of rotatable bonds is 5. The minimum atomic E-state index is 0.303. The van der Waals surface area contributed by atoms with Crippen molar-refractivity contribution in [3.8, 4) is 0 Å². The molecular weight excluding hydrogens is 229 g/mol. The van der Waals surface area contributed by atoms with Crippen molar-refractivity contribution in [1.29, 1.82) is 0 Å². The quantitative estimate of drug-likeness (QED) is 0.820. The number of benzene rings is 1. The Hall–Kier alpha value is -0.500.